The Bertz CT molecular complexity index is 1540. The van der Waals surface area contributed by atoms with Crippen LogP contribution >= 0.6 is 0 Å². The Morgan fingerprint density at radius 3 is 2.59 bits per heavy atom. The van der Waals surface area contributed by atoms with E-state index >= 15 is 0 Å². The number of fused-ring (bicyclic) bond motifs is 3. The lowest BCUT2D eigenvalue weighted by Gasteiger charge is -2.45. The van der Waals surface area contributed by atoms with Gasteiger partial charge in [0, 0.05) is 23.6 Å². The number of Topliss-reactive ketones (excluding diaryl/α,β-unsaturated/α-hetero) is 2. The zero-order valence-electron chi connectivity index (χ0n) is 22.9. The van der Waals surface area contributed by atoms with Gasteiger partial charge in [0.15, 0.2) is 5.60 Å². The molecule has 0 saturated heterocycles. The molecule has 2 amide bonds. The number of amides is 2. The van der Waals surface area contributed by atoms with Crippen molar-refractivity contribution in [2.75, 3.05) is 27.2 Å². The molecule has 3 aliphatic rings. The molecule has 0 aliphatic heterocycles. The van der Waals surface area contributed by atoms with Crippen LogP contribution in [-0.4, -0.2) is 76.4 Å². The van der Waals surface area contributed by atoms with E-state index in [0.717, 1.165) is 13.0 Å². The van der Waals surface area contributed by atoms with E-state index in [1.165, 1.54) is 12.1 Å². The molecule has 2 aromatic rings. The summed E-state index contributed by atoms with van der Waals surface area (Å²) in [4.78, 5) is 53.3. The molecule has 3 atom stereocenters. The van der Waals surface area contributed by atoms with Crippen molar-refractivity contribution in [2.24, 2.45) is 17.6 Å². The first-order chi connectivity index (χ1) is 19.4. The fourth-order valence-electron chi connectivity index (χ4n) is 6.31. The minimum Gasteiger partial charge on any atom is -0.507 e. The summed E-state index contributed by atoms with van der Waals surface area (Å²) in [6, 6.07) is 10.1. The van der Waals surface area contributed by atoms with Crippen LogP contribution in [0.3, 0.4) is 0 Å². The van der Waals surface area contributed by atoms with Crippen LogP contribution in [0, 0.1) is 11.8 Å². The molecule has 0 bridgehead atoms. The van der Waals surface area contributed by atoms with E-state index in [9.17, 15) is 34.5 Å². The van der Waals surface area contributed by atoms with Gasteiger partial charge in [-0.05, 0) is 87.1 Å². The summed E-state index contributed by atoms with van der Waals surface area (Å²) in [6.07, 6.45) is 2.70. The third-order valence-corrected chi connectivity index (χ3v) is 8.36. The molecule has 0 spiro atoms. The molecule has 214 valence electrons. The molecule has 10 heteroatoms. The van der Waals surface area contributed by atoms with Gasteiger partial charge in [-0.3, -0.25) is 19.2 Å². The van der Waals surface area contributed by atoms with Crippen LogP contribution in [0.25, 0.3) is 16.9 Å². The number of rotatable bonds is 7. The number of nitrogens with two attached hydrogens (primary N) is 1. The maximum atomic E-state index is 13.6. The summed E-state index contributed by atoms with van der Waals surface area (Å²) in [5, 5.41) is 36.4. The van der Waals surface area contributed by atoms with Crippen LogP contribution in [0.4, 0.5) is 0 Å². The van der Waals surface area contributed by atoms with Gasteiger partial charge in [-0.15, -0.1) is 0 Å². The Morgan fingerprint density at radius 1 is 1.12 bits per heavy atom. The highest BCUT2D eigenvalue weighted by molar-refractivity contribution is 6.32. The molecule has 0 heterocycles. The third kappa shape index (κ3) is 4.72. The number of phenolic OH excluding ortho intramolecular Hbond substituents is 1. The molecular weight excluding hydrogens is 526 g/mol. The standard InChI is InChI=1S/C31H33N3O7/c1-34(2)12-4-11-33-30(40)17-6-3-5-16(13-17)20-9-10-23(35)25-22(20)15-18-14-19-7-8-21(29(32)39)27(37)31(19,41)28(38)24(18)26(25)36/h3,5-6,8-10,13,18-19,35-36,41H,4,7,11-12,14-15H2,1-2H3,(H2,32,39)(H,33,40)/t18?,19-,31-/m1/s1. The monoisotopic (exact) mass is 559 g/mol. The highest BCUT2D eigenvalue weighted by Crippen LogP contribution is 2.51. The highest BCUT2D eigenvalue weighted by Gasteiger charge is 2.60. The Morgan fingerprint density at radius 2 is 1.88 bits per heavy atom. The van der Waals surface area contributed by atoms with Gasteiger partial charge in [-0.2, -0.15) is 0 Å². The molecule has 1 saturated carbocycles. The van der Waals surface area contributed by atoms with Crippen molar-refractivity contribution in [3.05, 3.63) is 70.3 Å². The molecule has 1 unspecified atom stereocenters. The lowest BCUT2D eigenvalue weighted by molar-refractivity contribution is -0.157. The molecule has 6 N–H and O–H groups in total. The number of aliphatic hydroxyl groups excluding tert-OH is 1. The van der Waals surface area contributed by atoms with Crippen molar-refractivity contribution in [3.8, 4) is 16.9 Å². The predicted octanol–water partition coefficient (Wildman–Crippen LogP) is 1.89. The summed E-state index contributed by atoms with van der Waals surface area (Å²) in [6.45, 7) is 1.37. The topological polar surface area (TPSA) is 170 Å². The van der Waals surface area contributed by atoms with Crippen LogP contribution in [0.5, 0.6) is 5.75 Å². The van der Waals surface area contributed by atoms with E-state index in [2.05, 4.69) is 5.32 Å². The zero-order chi connectivity index (χ0) is 29.6. The number of allylic oxidation sites excluding steroid dienone is 1. The van der Waals surface area contributed by atoms with Crippen molar-refractivity contribution >= 4 is 29.1 Å². The molecule has 5 rings (SSSR count). The molecule has 10 nitrogen and oxygen atoms in total. The lowest BCUT2D eigenvalue weighted by atomic mass is 9.58. The lowest BCUT2D eigenvalue weighted by Crippen LogP contribution is -2.60. The average Bonchev–Trinajstić information content (AvgIpc) is 2.92. The van der Waals surface area contributed by atoms with Gasteiger partial charge in [0.25, 0.3) is 11.8 Å². The summed E-state index contributed by atoms with van der Waals surface area (Å²) < 4.78 is 0. The summed E-state index contributed by atoms with van der Waals surface area (Å²) in [5.74, 6) is -5.40. The fraction of sp³-hybridized carbons (Fsp3) is 0.355. The van der Waals surface area contributed by atoms with Crippen molar-refractivity contribution < 1.29 is 34.5 Å². The molecule has 2 aromatic carbocycles. The van der Waals surface area contributed by atoms with Gasteiger partial charge in [0.1, 0.15) is 11.5 Å². The molecule has 0 radical (unpaired) electrons. The summed E-state index contributed by atoms with van der Waals surface area (Å²) >= 11 is 0. The van der Waals surface area contributed by atoms with Gasteiger partial charge in [-0.1, -0.05) is 24.3 Å². The number of aliphatic hydroxyl groups is 2. The van der Waals surface area contributed by atoms with E-state index in [1.807, 2.05) is 25.1 Å². The molecule has 0 aromatic heterocycles. The van der Waals surface area contributed by atoms with E-state index < -0.39 is 46.2 Å². The number of nitrogens with one attached hydrogen (secondary N) is 1. The highest BCUT2D eigenvalue weighted by atomic mass is 16.3. The molecule has 3 aliphatic carbocycles. The van der Waals surface area contributed by atoms with Crippen LogP contribution in [0.2, 0.25) is 0 Å². The Balaban J connectivity index is 1.51. The first kappa shape index (κ1) is 28.3. The maximum absolute atomic E-state index is 13.6. The number of aromatic hydroxyl groups is 1. The number of carbonyl (C=O) groups excluding carboxylic acids is 4. The maximum Gasteiger partial charge on any atom is 0.252 e. The third-order valence-electron chi connectivity index (χ3n) is 8.36. The number of ketones is 2. The van der Waals surface area contributed by atoms with Crippen LogP contribution in [-0.2, 0) is 20.8 Å². The molecule has 41 heavy (non-hydrogen) atoms. The molecular formula is C31H33N3O7. The minimum absolute atomic E-state index is 0.0385. The van der Waals surface area contributed by atoms with Crippen molar-refractivity contribution in [3.63, 3.8) is 0 Å². The second-order valence-corrected chi connectivity index (χ2v) is 11.2. The smallest absolute Gasteiger partial charge is 0.252 e. The molecule has 1 fully saturated rings. The average molecular weight is 560 g/mol. The van der Waals surface area contributed by atoms with Crippen LogP contribution < -0.4 is 11.1 Å². The van der Waals surface area contributed by atoms with Gasteiger partial charge < -0.3 is 31.3 Å². The first-order valence-electron chi connectivity index (χ1n) is 13.6. The summed E-state index contributed by atoms with van der Waals surface area (Å²) in [5.41, 5.74) is 4.66. The number of carbonyl (C=O) groups is 4. The summed E-state index contributed by atoms with van der Waals surface area (Å²) in [7, 11) is 3.93. The van der Waals surface area contributed by atoms with Crippen molar-refractivity contribution in [2.45, 2.75) is 31.3 Å². The van der Waals surface area contributed by atoms with Gasteiger partial charge in [0.05, 0.1) is 11.1 Å². The van der Waals surface area contributed by atoms with E-state index in [-0.39, 0.29) is 42.1 Å². The normalized spacial score (nSPS) is 23.5. The number of phenols is 1. The van der Waals surface area contributed by atoms with Gasteiger partial charge in [-0.25, -0.2) is 0 Å². The van der Waals surface area contributed by atoms with Gasteiger partial charge in [0.2, 0.25) is 11.6 Å². The van der Waals surface area contributed by atoms with Gasteiger partial charge >= 0.3 is 0 Å². The Hall–Kier alpha value is -4.28. The number of nitrogens with zero attached hydrogens (tertiary/aromatic N) is 1. The zero-order valence-corrected chi connectivity index (χ0v) is 22.9. The van der Waals surface area contributed by atoms with Crippen molar-refractivity contribution in [1.29, 1.82) is 0 Å². The van der Waals surface area contributed by atoms with E-state index in [4.69, 9.17) is 5.73 Å². The predicted molar refractivity (Wildman–Crippen MR) is 151 cm³/mol. The van der Waals surface area contributed by atoms with E-state index in [0.29, 0.717) is 28.8 Å². The number of hydrogen-bond donors (Lipinski definition) is 5. The number of hydrogen-bond acceptors (Lipinski definition) is 8. The van der Waals surface area contributed by atoms with Crippen molar-refractivity contribution in [1.82, 2.24) is 10.2 Å². The van der Waals surface area contributed by atoms with Crippen LogP contribution in [0.15, 0.2) is 53.6 Å². The second kappa shape index (κ2) is 10.6. The fourth-order valence-corrected chi connectivity index (χ4v) is 6.31. The Labute approximate surface area is 237 Å². The minimum atomic E-state index is -2.52. The quantitative estimate of drug-likeness (QED) is 0.195. The Kier molecular flexibility index (Phi) is 7.31. The van der Waals surface area contributed by atoms with Crippen LogP contribution in [0.1, 0.15) is 40.7 Å². The number of benzene rings is 2. The largest absolute Gasteiger partial charge is 0.507 e. The SMILES string of the molecule is CN(C)CCCNC(=O)c1cccc(-c2ccc(O)c3c2CC2C[C@H]4CC=C(C(N)=O)C(=O)[C@@]4(O)C(=O)C2=C3O)c1. The second-order valence-electron chi connectivity index (χ2n) is 11.2. The van der Waals surface area contributed by atoms with E-state index in [1.54, 1.807) is 24.3 Å². The first-order valence-corrected chi connectivity index (χ1v) is 13.6. The number of primary amides is 1.